The molecule has 0 atom stereocenters. The fourth-order valence-electron chi connectivity index (χ4n) is 4.94. The molecule has 0 bridgehead atoms. The Morgan fingerprint density at radius 1 is 1.06 bits per heavy atom. The van der Waals surface area contributed by atoms with Crippen molar-refractivity contribution in [1.29, 1.82) is 0 Å². The molecule has 4 rings (SSSR count). The Labute approximate surface area is 207 Å². The molecule has 0 radical (unpaired) electrons. The first-order valence-electron chi connectivity index (χ1n) is 11.3. The third kappa shape index (κ3) is 5.13. The molecule has 2 heterocycles. The molecule has 2 aliphatic rings. The van der Waals surface area contributed by atoms with Crippen molar-refractivity contribution in [2.75, 3.05) is 27.8 Å². The maximum absolute atomic E-state index is 5.58. The van der Waals surface area contributed by atoms with Crippen molar-refractivity contribution in [3.63, 3.8) is 0 Å². The summed E-state index contributed by atoms with van der Waals surface area (Å²) in [5.41, 5.74) is 1.34. The molecule has 2 N–H and O–H groups in total. The van der Waals surface area contributed by atoms with Gasteiger partial charge in [0.05, 0.1) is 20.8 Å². The fraction of sp³-hybridized carbons (Fsp3) is 0.609. The van der Waals surface area contributed by atoms with E-state index >= 15 is 0 Å². The van der Waals surface area contributed by atoms with Gasteiger partial charge in [-0.05, 0) is 37.0 Å². The first kappa shape index (κ1) is 24.6. The second-order valence-electron chi connectivity index (χ2n) is 8.48. The van der Waals surface area contributed by atoms with Gasteiger partial charge in [0.25, 0.3) is 0 Å². The number of benzene rings is 1. The van der Waals surface area contributed by atoms with Crippen molar-refractivity contribution < 1.29 is 9.47 Å². The minimum absolute atomic E-state index is 0. The third-order valence-corrected chi connectivity index (χ3v) is 6.72. The van der Waals surface area contributed by atoms with Gasteiger partial charge in [0, 0.05) is 32.0 Å². The number of rotatable bonds is 7. The number of nitrogens with one attached hydrogen (secondary N) is 2. The highest BCUT2D eigenvalue weighted by atomic mass is 127. The number of hydrogen-bond donors (Lipinski definition) is 2. The van der Waals surface area contributed by atoms with Crippen LogP contribution in [-0.4, -0.2) is 48.5 Å². The van der Waals surface area contributed by atoms with E-state index in [-0.39, 0.29) is 29.4 Å². The summed E-state index contributed by atoms with van der Waals surface area (Å²) in [5.74, 6) is 4.41. The predicted octanol–water partition coefficient (Wildman–Crippen LogP) is 3.43. The van der Waals surface area contributed by atoms with Crippen LogP contribution in [0.25, 0.3) is 0 Å². The van der Waals surface area contributed by atoms with Crippen LogP contribution in [0.15, 0.2) is 23.2 Å². The Balaban J connectivity index is 0.00000289. The van der Waals surface area contributed by atoms with Crippen molar-refractivity contribution in [1.82, 2.24) is 25.4 Å². The summed E-state index contributed by atoms with van der Waals surface area (Å²) in [6.07, 6.45) is 8.21. The Morgan fingerprint density at radius 3 is 2.56 bits per heavy atom. The summed E-state index contributed by atoms with van der Waals surface area (Å²) >= 11 is 0. The van der Waals surface area contributed by atoms with Gasteiger partial charge in [0.2, 0.25) is 0 Å². The average Bonchev–Trinajstić information content (AvgIpc) is 3.44. The maximum atomic E-state index is 5.58. The summed E-state index contributed by atoms with van der Waals surface area (Å²) in [5, 5.41) is 15.6. The molecule has 32 heavy (non-hydrogen) atoms. The number of hydrogen-bond acceptors (Lipinski definition) is 5. The van der Waals surface area contributed by atoms with Crippen LogP contribution in [0.1, 0.15) is 55.7 Å². The molecule has 176 valence electrons. The third-order valence-electron chi connectivity index (χ3n) is 6.72. The Bertz CT molecular complexity index is 923. The van der Waals surface area contributed by atoms with Gasteiger partial charge in [0.15, 0.2) is 23.3 Å². The van der Waals surface area contributed by atoms with E-state index in [1.807, 2.05) is 13.1 Å². The van der Waals surface area contributed by atoms with E-state index in [4.69, 9.17) is 9.47 Å². The van der Waals surface area contributed by atoms with E-state index < -0.39 is 0 Å². The van der Waals surface area contributed by atoms with Gasteiger partial charge in [-0.2, -0.15) is 0 Å². The SMILES string of the molecule is CN=C(NCc1nnc2n1CCC2)NCC1(c2ccc(OC)c(OC)c2)CCCCC1.I. The van der Waals surface area contributed by atoms with Gasteiger partial charge >= 0.3 is 0 Å². The average molecular weight is 554 g/mol. The van der Waals surface area contributed by atoms with Crippen LogP contribution in [-0.2, 0) is 24.9 Å². The minimum atomic E-state index is 0. The fourth-order valence-corrected chi connectivity index (χ4v) is 4.94. The summed E-state index contributed by atoms with van der Waals surface area (Å²) in [7, 11) is 5.18. The minimum Gasteiger partial charge on any atom is -0.493 e. The van der Waals surface area contributed by atoms with Gasteiger partial charge in [0.1, 0.15) is 5.82 Å². The van der Waals surface area contributed by atoms with Crippen molar-refractivity contribution >= 4 is 29.9 Å². The van der Waals surface area contributed by atoms with Crippen molar-refractivity contribution in [2.45, 2.75) is 63.5 Å². The molecule has 0 spiro atoms. The van der Waals surface area contributed by atoms with Crippen LogP contribution in [0, 0.1) is 0 Å². The molecule has 1 aromatic carbocycles. The van der Waals surface area contributed by atoms with Crippen molar-refractivity contribution in [3.05, 3.63) is 35.4 Å². The van der Waals surface area contributed by atoms with Crippen LogP contribution in [0.5, 0.6) is 11.5 Å². The number of guanidine groups is 1. The summed E-state index contributed by atoms with van der Waals surface area (Å²) in [4.78, 5) is 4.44. The van der Waals surface area contributed by atoms with Gasteiger partial charge in [-0.3, -0.25) is 4.99 Å². The number of aliphatic imine (C=N–C) groups is 1. The highest BCUT2D eigenvalue weighted by Gasteiger charge is 2.35. The predicted molar refractivity (Wildman–Crippen MR) is 136 cm³/mol. The number of aromatic nitrogens is 3. The number of halogens is 1. The van der Waals surface area contributed by atoms with Gasteiger partial charge in [-0.15, -0.1) is 34.2 Å². The summed E-state index contributed by atoms with van der Waals surface area (Å²) < 4.78 is 13.2. The lowest BCUT2D eigenvalue weighted by Crippen LogP contribution is -2.46. The second-order valence-corrected chi connectivity index (χ2v) is 8.48. The van der Waals surface area contributed by atoms with E-state index in [9.17, 15) is 0 Å². The topological polar surface area (TPSA) is 85.6 Å². The van der Waals surface area contributed by atoms with Crippen LogP contribution in [0.2, 0.25) is 0 Å². The molecule has 8 nitrogen and oxygen atoms in total. The maximum Gasteiger partial charge on any atom is 0.191 e. The Morgan fingerprint density at radius 2 is 1.84 bits per heavy atom. The molecule has 0 saturated heterocycles. The smallest absolute Gasteiger partial charge is 0.191 e. The molecule has 1 saturated carbocycles. The van der Waals surface area contributed by atoms with Crippen molar-refractivity contribution in [2.24, 2.45) is 4.99 Å². The summed E-state index contributed by atoms with van der Waals surface area (Å²) in [6.45, 7) is 2.45. The molecule has 0 amide bonds. The highest BCUT2D eigenvalue weighted by molar-refractivity contribution is 14.0. The van der Waals surface area contributed by atoms with Gasteiger partial charge in [-0.1, -0.05) is 25.3 Å². The van der Waals surface area contributed by atoms with Crippen LogP contribution >= 0.6 is 24.0 Å². The molecule has 1 fully saturated rings. The van der Waals surface area contributed by atoms with Crippen LogP contribution in [0.3, 0.4) is 0 Å². The first-order valence-corrected chi connectivity index (χ1v) is 11.3. The summed E-state index contributed by atoms with van der Waals surface area (Å²) in [6, 6.07) is 6.34. The molecular formula is C23H35IN6O2. The zero-order valence-electron chi connectivity index (χ0n) is 19.3. The zero-order valence-corrected chi connectivity index (χ0v) is 21.6. The van der Waals surface area contributed by atoms with Crippen molar-refractivity contribution in [3.8, 4) is 11.5 Å². The molecule has 1 aliphatic carbocycles. The molecular weight excluding hydrogens is 519 g/mol. The number of methoxy groups -OCH3 is 2. The van der Waals surface area contributed by atoms with Gasteiger partial charge < -0.3 is 24.7 Å². The number of aryl methyl sites for hydroxylation is 1. The molecule has 1 aliphatic heterocycles. The molecule has 9 heteroatoms. The highest BCUT2D eigenvalue weighted by Crippen LogP contribution is 2.42. The van der Waals surface area contributed by atoms with Crippen LogP contribution in [0.4, 0.5) is 0 Å². The lowest BCUT2D eigenvalue weighted by Gasteiger charge is -2.38. The van der Waals surface area contributed by atoms with Crippen LogP contribution < -0.4 is 20.1 Å². The molecule has 0 unspecified atom stereocenters. The van der Waals surface area contributed by atoms with E-state index in [2.05, 4.69) is 42.5 Å². The lowest BCUT2D eigenvalue weighted by atomic mass is 9.69. The molecule has 2 aromatic rings. The Kier molecular flexibility index (Phi) is 8.61. The quantitative estimate of drug-likeness (QED) is 0.310. The standard InChI is InChI=1S/C23H34N6O2.HI/c1-24-22(25-15-21-28-27-20-8-7-13-29(20)21)26-16-23(11-5-4-6-12-23)17-9-10-18(30-2)19(14-17)31-3;/h9-10,14H,4-8,11-13,15-16H2,1-3H3,(H2,24,25,26);1H. The van der Waals surface area contributed by atoms with E-state index in [0.29, 0.717) is 6.54 Å². The monoisotopic (exact) mass is 554 g/mol. The lowest BCUT2D eigenvalue weighted by molar-refractivity contribution is 0.288. The number of ether oxygens (including phenoxy) is 2. The molecule has 1 aromatic heterocycles. The first-order chi connectivity index (χ1) is 15.2. The van der Waals surface area contributed by atoms with Gasteiger partial charge in [-0.25, -0.2) is 0 Å². The normalized spacial score (nSPS) is 17.3. The Hall–Kier alpha value is -2.04. The van der Waals surface area contributed by atoms with E-state index in [1.54, 1.807) is 14.2 Å². The number of fused-ring (bicyclic) bond motifs is 1. The number of nitrogens with zero attached hydrogens (tertiary/aromatic N) is 4. The zero-order chi connectivity index (χ0) is 21.7. The van der Waals surface area contributed by atoms with E-state index in [0.717, 1.165) is 67.9 Å². The van der Waals surface area contributed by atoms with E-state index in [1.165, 1.54) is 24.8 Å². The largest absolute Gasteiger partial charge is 0.493 e. The second kappa shape index (κ2) is 11.2.